The van der Waals surface area contributed by atoms with E-state index in [4.69, 9.17) is 0 Å². The summed E-state index contributed by atoms with van der Waals surface area (Å²) in [6.45, 7) is 1.98. The number of nitrogens with zero attached hydrogens (tertiary/aromatic N) is 1. The monoisotopic (exact) mass is 220 g/mol. The van der Waals surface area contributed by atoms with E-state index in [-0.39, 0.29) is 18.4 Å². The Hall–Kier alpha value is -1.84. The van der Waals surface area contributed by atoms with Crippen LogP contribution in [0.15, 0.2) is 24.3 Å². The number of carbonyl (C=O) groups excluding carboxylic acids is 2. The summed E-state index contributed by atoms with van der Waals surface area (Å²) in [4.78, 5) is 24.3. The topological polar surface area (TPSA) is 49.4 Å². The number of benzene rings is 1. The molecule has 1 aromatic rings. The quantitative estimate of drug-likeness (QED) is 0.819. The maximum absolute atomic E-state index is 11.6. The van der Waals surface area contributed by atoms with E-state index in [0.717, 1.165) is 5.56 Å². The maximum atomic E-state index is 11.6. The van der Waals surface area contributed by atoms with Crippen LogP contribution in [0.25, 0.3) is 0 Å². The summed E-state index contributed by atoms with van der Waals surface area (Å²) in [6, 6.07) is 7.21. The summed E-state index contributed by atoms with van der Waals surface area (Å²) < 4.78 is 0. The van der Waals surface area contributed by atoms with Crippen molar-refractivity contribution in [1.29, 1.82) is 0 Å². The molecule has 1 N–H and O–H groups in total. The van der Waals surface area contributed by atoms with Crippen molar-refractivity contribution in [2.24, 2.45) is 0 Å². The third kappa shape index (κ3) is 3.38. The summed E-state index contributed by atoms with van der Waals surface area (Å²) in [6.07, 6.45) is 0. The largest absolute Gasteiger partial charge is 0.347 e. The zero-order valence-electron chi connectivity index (χ0n) is 9.78. The second-order valence-electron chi connectivity index (χ2n) is 3.84. The fraction of sp³-hybridized carbons (Fsp3) is 0.333. The van der Waals surface area contributed by atoms with Crippen LogP contribution < -0.4 is 5.32 Å². The highest BCUT2D eigenvalue weighted by Crippen LogP contribution is 2.02. The molecule has 16 heavy (non-hydrogen) atoms. The van der Waals surface area contributed by atoms with Crippen LogP contribution in [0.5, 0.6) is 0 Å². The molecule has 0 aliphatic heterocycles. The van der Waals surface area contributed by atoms with Crippen molar-refractivity contribution in [2.45, 2.75) is 6.92 Å². The van der Waals surface area contributed by atoms with E-state index in [1.165, 1.54) is 4.90 Å². The minimum Gasteiger partial charge on any atom is -0.347 e. The van der Waals surface area contributed by atoms with Crippen LogP contribution in [0.4, 0.5) is 0 Å². The van der Waals surface area contributed by atoms with E-state index >= 15 is 0 Å². The molecule has 0 atom stereocenters. The molecular formula is C12H16N2O2. The van der Waals surface area contributed by atoms with Gasteiger partial charge in [-0.25, -0.2) is 0 Å². The number of hydrogen-bond acceptors (Lipinski definition) is 2. The fourth-order valence-corrected chi connectivity index (χ4v) is 1.12. The minimum atomic E-state index is -0.227. The molecule has 1 rings (SSSR count). The van der Waals surface area contributed by atoms with Crippen molar-refractivity contribution >= 4 is 11.8 Å². The highest BCUT2D eigenvalue weighted by atomic mass is 16.2. The molecule has 0 radical (unpaired) electrons. The molecule has 1 aromatic carbocycles. The number of aryl methyl sites for hydroxylation is 1. The Morgan fingerprint density at radius 1 is 1.19 bits per heavy atom. The molecule has 4 heteroatoms. The van der Waals surface area contributed by atoms with Crippen molar-refractivity contribution in [3.8, 4) is 0 Å². The molecule has 4 nitrogen and oxygen atoms in total. The Labute approximate surface area is 95.3 Å². The van der Waals surface area contributed by atoms with Gasteiger partial charge in [-0.15, -0.1) is 0 Å². The van der Waals surface area contributed by atoms with Gasteiger partial charge < -0.3 is 10.2 Å². The molecule has 0 unspecified atom stereocenters. The van der Waals surface area contributed by atoms with E-state index < -0.39 is 0 Å². The zero-order chi connectivity index (χ0) is 12.1. The van der Waals surface area contributed by atoms with Gasteiger partial charge in [-0.3, -0.25) is 9.59 Å². The summed E-state index contributed by atoms with van der Waals surface area (Å²) in [5.74, 6) is -0.351. The SMILES string of the molecule is Cc1ccc(C(=O)NCC(=O)N(C)C)cc1. The lowest BCUT2D eigenvalue weighted by Gasteiger charge is -2.10. The first kappa shape index (κ1) is 12.2. The lowest BCUT2D eigenvalue weighted by Crippen LogP contribution is -2.36. The third-order valence-corrected chi connectivity index (χ3v) is 2.21. The molecule has 0 bridgehead atoms. The van der Waals surface area contributed by atoms with Gasteiger partial charge in [-0.05, 0) is 19.1 Å². The summed E-state index contributed by atoms with van der Waals surface area (Å²) >= 11 is 0. The van der Waals surface area contributed by atoms with Crippen LogP contribution >= 0.6 is 0 Å². The molecule has 0 aromatic heterocycles. The molecule has 0 spiro atoms. The predicted molar refractivity (Wildman–Crippen MR) is 62.2 cm³/mol. The van der Waals surface area contributed by atoms with Gasteiger partial charge in [0.05, 0.1) is 6.54 Å². The van der Waals surface area contributed by atoms with Gasteiger partial charge in [-0.2, -0.15) is 0 Å². The average Bonchev–Trinajstić information content (AvgIpc) is 2.26. The van der Waals surface area contributed by atoms with Gasteiger partial charge in [0.2, 0.25) is 5.91 Å². The van der Waals surface area contributed by atoms with E-state index in [0.29, 0.717) is 5.56 Å². The highest BCUT2D eigenvalue weighted by molar-refractivity contribution is 5.96. The van der Waals surface area contributed by atoms with E-state index in [1.807, 2.05) is 19.1 Å². The van der Waals surface area contributed by atoms with Crippen molar-refractivity contribution in [3.63, 3.8) is 0 Å². The van der Waals surface area contributed by atoms with Crippen molar-refractivity contribution in [2.75, 3.05) is 20.6 Å². The van der Waals surface area contributed by atoms with E-state index in [9.17, 15) is 9.59 Å². The molecule has 0 aliphatic rings. The third-order valence-electron chi connectivity index (χ3n) is 2.21. The van der Waals surface area contributed by atoms with Crippen LogP contribution in [0, 0.1) is 6.92 Å². The van der Waals surface area contributed by atoms with Crippen LogP contribution in [-0.4, -0.2) is 37.4 Å². The Morgan fingerprint density at radius 3 is 2.25 bits per heavy atom. The average molecular weight is 220 g/mol. The highest BCUT2D eigenvalue weighted by Gasteiger charge is 2.08. The lowest BCUT2D eigenvalue weighted by atomic mass is 10.1. The molecule has 2 amide bonds. The van der Waals surface area contributed by atoms with E-state index in [2.05, 4.69) is 5.32 Å². The molecule has 0 saturated carbocycles. The molecule has 86 valence electrons. The first-order valence-electron chi connectivity index (χ1n) is 5.05. The maximum Gasteiger partial charge on any atom is 0.251 e. The molecular weight excluding hydrogens is 204 g/mol. The fourth-order valence-electron chi connectivity index (χ4n) is 1.12. The minimum absolute atomic E-state index is 0.0275. The van der Waals surface area contributed by atoms with Crippen LogP contribution in [0.3, 0.4) is 0 Å². The van der Waals surface area contributed by atoms with Crippen molar-refractivity contribution in [3.05, 3.63) is 35.4 Å². The standard InChI is InChI=1S/C12H16N2O2/c1-9-4-6-10(7-5-9)12(16)13-8-11(15)14(2)3/h4-7H,8H2,1-3H3,(H,13,16). The second-order valence-corrected chi connectivity index (χ2v) is 3.84. The van der Waals surface area contributed by atoms with E-state index in [1.54, 1.807) is 26.2 Å². The van der Waals surface area contributed by atoms with Gasteiger partial charge in [0.1, 0.15) is 0 Å². The zero-order valence-corrected chi connectivity index (χ0v) is 9.78. The number of carbonyl (C=O) groups is 2. The Balaban J connectivity index is 2.53. The molecule has 0 saturated heterocycles. The molecule has 0 aliphatic carbocycles. The second kappa shape index (κ2) is 5.30. The first-order chi connectivity index (χ1) is 7.50. The van der Waals surface area contributed by atoms with Gasteiger partial charge in [0.15, 0.2) is 0 Å². The van der Waals surface area contributed by atoms with Crippen LogP contribution in [0.2, 0.25) is 0 Å². The number of rotatable bonds is 3. The lowest BCUT2D eigenvalue weighted by molar-refractivity contribution is -0.127. The van der Waals surface area contributed by atoms with Crippen LogP contribution in [0.1, 0.15) is 15.9 Å². The van der Waals surface area contributed by atoms with Crippen molar-refractivity contribution in [1.82, 2.24) is 10.2 Å². The summed E-state index contributed by atoms with van der Waals surface area (Å²) in [7, 11) is 3.31. The van der Waals surface area contributed by atoms with Gasteiger partial charge in [0.25, 0.3) is 5.91 Å². The Morgan fingerprint density at radius 2 is 1.75 bits per heavy atom. The van der Waals surface area contributed by atoms with Crippen LogP contribution in [-0.2, 0) is 4.79 Å². The molecule has 0 heterocycles. The van der Waals surface area contributed by atoms with Gasteiger partial charge >= 0.3 is 0 Å². The van der Waals surface area contributed by atoms with Crippen molar-refractivity contribution < 1.29 is 9.59 Å². The summed E-state index contributed by atoms with van der Waals surface area (Å²) in [5, 5.41) is 2.57. The smallest absolute Gasteiger partial charge is 0.251 e. The summed E-state index contributed by atoms with van der Waals surface area (Å²) in [5.41, 5.74) is 1.66. The number of nitrogens with one attached hydrogen (secondary N) is 1. The molecule has 0 fully saturated rings. The van der Waals surface area contributed by atoms with Gasteiger partial charge in [-0.1, -0.05) is 17.7 Å². The number of hydrogen-bond donors (Lipinski definition) is 1. The Kier molecular flexibility index (Phi) is 4.05. The number of likely N-dealkylation sites (N-methyl/N-ethyl adjacent to an activating group) is 1. The van der Waals surface area contributed by atoms with Gasteiger partial charge in [0, 0.05) is 19.7 Å². The Bertz CT molecular complexity index is 383. The number of amides is 2. The normalized spacial score (nSPS) is 9.69. The predicted octanol–water partition coefficient (Wildman–Crippen LogP) is 0.813. The first-order valence-corrected chi connectivity index (χ1v) is 5.05.